The van der Waals surface area contributed by atoms with Crippen molar-refractivity contribution in [1.29, 1.82) is 0 Å². The van der Waals surface area contributed by atoms with E-state index in [1.54, 1.807) is 0 Å². The van der Waals surface area contributed by atoms with E-state index in [9.17, 15) is 0 Å². The summed E-state index contributed by atoms with van der Waals surface area (Å²) in [5.74, 6) is 0.958. The molecule has 0 aromatic heterocycles. The summed E-state index contributed by atoms with van der Waals surface area (Å²) < 4.78 is 0. The average Bonchev–Trinajstić information content (AvgIpc) is 2.46. The van der Waals surface area contributed by atoms with E-state index in [1.807, 2.05) is 0 Å². The van der Waals surface area contributed by atoms with Crippen molar-refractivity contribution in [2.45, 2.75) is 65.7 Å². The Labute approximate surface area is 125 Å². The van der Waals surface area contributed by atoms with Gasteiger partial charge in [-0.15, -0.1) is 0 Å². The van der Waals surface area contributed by atoms with Crippen molar-refractivity contribution in [2.24, 2.45) is 17.1 Å². The lowest BCUT2D eigenvalue weighted by Gasteiger charge is -2.40. The number of hydrogen-bond acceptors (Lipinski definition) is 1. The normalized spacial score (nSPS) is 26.7. The highest BCUT2D eigenvalue weighted by atomic mass is 14.6. The van der Waals surface area contributed by atoms with Crippen LogP contribution in [0.25, 0.3) is 0 Å². The summed E-state index contributed by atoms with van der Waals surface area (Å²) in [7, 11) is 0. The van der Waals surface area contributed by atoms with Gasteiger partial charge >= 0.3 is 0 Å². The molecule has 1 fully saturated rings. The van der Waals surface area contributed by atoms with Gasteiger partial charge in [0.1, 0.15) is 0 Å². The van der Waals surface area contributed by atoms with Gasteiger partial charge in [-0.25, -0.2) is 0 Å². The van der Waals surface area contributed by atoms with Crippen LogP contribution >= 0.6 is 0 Å². The van der Waals surface area contributed by atoms with Crippen LogP contribution in [0.1, 0.15) is 62.1 Å². The molecule has 1 aliphatic rings. The number of nitrogens with two attached hydrogens (primary N) is 1. The van der Waals surface area contributed by atoms with Crippen molar-refractivity contribution in [3.8, 4) is 0 Å². The van der Waals surface area contributed by atoms with Crippen LogP contribution in [0, 0.1) is 25.2 Å². The Kier molecular flexibility index (Phi) is 5.26. The Morgan fingerprint density at radius 2 is 1.85 bits per heavy atom. The van der Waals surface area contributed by atoms with Gasteiger partial charge in [-0.3, -0.25) is 0 Å². The molecular weight excluding hydrogens is 242 g/mol. The van der Waals surface area contributed by atoms with Crippen molar-refractivity contribution in [3.63, 3.8) is 0 Å². The summed E-state index contributed by atoms with van der Waals surface area (Å²) in [5.41, 5.74) is 10.8. The number of aryl methyl sites for hydroxylation is 2. The summed E-state index contributed by atoms with van der Waals surface area (Å²) >= 11 is 0. The molecule has 0 atom stereocenters. The molecule has 2 N–H and O–H groups in total. The molecule has 1 saturated carbocycles. The first kappa shape index (κ1) is 15.6. The number of benzene rings is 1. The smallest absolute Gasteiger partial charge is 0.00173 e. The maximum Gasteiger partial charge on any atom is -0.00173 e. The van der Waals surface area contributed by atoms with Gasteiger partial charge in [0, 0.05) is 0 Å². The van der Waals surface area contributed by atoms with Gasteiger partial charge in [-0.05, 0) is 80.5 Å². The Hall–Kier alpha value is -0.820. The monoisotopic (exact) mass is 273 g/mol. The Morgan fingerprint density at radius 3 is 2.40 bits per heavy atom. The predicted octanol–water partition coefficient (Wildman–Crippen LogP) is 4.78. The number of hydrogen-bond donors (Lipinski definition) is 1. The molecule has 1 aromatic rings. The quantitative estimate of drug-likeness (QED) is 0.820. The van der Waals surface area contributed by atoms with Crippen molar-refractivity contribution < 1.29 is 0 Å². The van der Waals surface area contributed by atoms with Crippen LogP contribution in [0.15, 0.2) is 18.2 Å². The SMILES string of the molecule is CCCC1CCC(CN)(Cc2ccc(C)c(C)c2)CC1. The standard InChI is InChI=1S/C19H31N/c1-4-5-17-8-10-19(14-20,11-9-17)13-18-7-6-15(2)16(3)12-18/h6-7,12,17H,4-5,8-11,13-14,20H2,1-3H3. The third kappa shape index (κ3) is 3.63. The van der Waals surface area contributed by atoms with E-state index in [-0.39, 0.29) is 0 Å². The summed E-state index contributed by atoms with van der Waals surface area (Å²) in [6, 6.07) is 6.93. The van der Waals surface area contributed by atoms with E-state index < -0.39 is 0 Å². The molecule has 0 amide bonds. The summed E-state index contributed by atoms with van der Waals surface area (Å²) in [6.45, 7) is 7.55. The molecule has 0 heterocycles. The second kappa shape index (κ2) is 6.76. The second-order valence-corrected chi connectivity index (χ2v) is 7.03. The first-order valence-corrected chi connectivity index (χ1v) is 8.35. The van der Waals surface area contributed by atoms with E-state index in [0.717, 1.165) is 12.5 Å². The van der Waals surface area contributed by atoms with Crippen LogP contribution in [-0.2, 0) is 6.42 Å². The molecule has 1 aliphatic carbocycles. The van der Waals surface area contributed by atoms with E-state index in [2.05, 4.69) is 39.0 Å². The third-order valence-corrected chi connectivity index (χ3v) is 5.45. The van der Waals surface area contributed by atoms with Crippen molar-refractivity contribution in [3.05, 3.63) is 34.9 Å². The summed E-state index contributed by atoms with van der Waals surface area (Å²) in [4.78, 5) is 0. The topological polar surface area (TPSA) is 26.0 Å². The Morgan fingerprint density at radius 1 is 1.15 bits per heavy atom. The lowest BCUT2D eigenvalue weighted by molar-refractivity contribution is 0.151. The van der Waals surface area contributed by atoms with E-state index in [4.69, 9.17) is 5.73 Å². The fourth-order valence-corrected chi connectivity index (χ4v) is 3.79. The lowest BCUT2D eigenvalue weighted by Crippen LogP contribution is -2.36. The lowest BCUT2D eigenvalue weighted by atomic mass is 9.66. The highest BCUT2D eigenvalue weighted by Gasteiger charge is 2.33. The van der Waals surface area contributed by atoms with Crippen molar-refractivity contribution >= 4 is 0 Å². The maximum atomic E-state index is 6.17. The minimum Gasteiger partial charge on any atom is -0.330 e. The van der Waals surface area contributed by atoms with E-state index in [0.29, 0.717) is 5.41 Å². The Bertz CT molecular complexity index is 427. The zero-order valence-corrected chi connectivity index (χ0v) is 13.5. The molecule has 0 spiro atoms. The third-order valence-electron chi connectivity index (χ3n) is 5.45. The van der Waals surface area contributed by atoms with Crippen LogP contribution in [0.3, 0.4) is 0 Å². The molecule has 0 saturated heterocycles. The molecule has 2 rings (SSSR count). The van der Waals surface area contributed by atoms with Crippen LogP contribution in [-0.4, -0.2) is 6.54 Å². The van der Waals surface area contributed by atoms with Gasteiger partial charge in [0.25, 0.3) is 0 Å². The first-order chi connectivity index (χ1) is 9.58. The van der Waals surface area contributed by atoms with Crippen LogP contribution in [0.4, 0.5) is 0 Å². The zero-order valence-electron chi connectivity index (χ0n) is 13.5. The molecular formula is C19H31N. The molecule has 1 heteroatoms. The van der Waals surface area contributed by atoms with Gasteiger partial charge in [-0.2, -0.15) is 0 Å². The van der Waals surface area contributed by atoms with Crippen LogP contribution in [0.2, 0.25) is 0 Å². The summed E-state index contributed by atoms with van der Waals surface area (Å²) in [6.07, 6.45) is 9.32. The molecule has 20 heavy (non-hydrogen) atoms. The molecule has 112 valence electrons. The minimum atomic E-state index is 0.367. The Balaban J connectivity index is 2.03. The van der Waals surface area contributed by atoms with Crippen molar-refractivity contribution in [1.82, 2.24) is 0 Å². The molecule has 0 aliphatic heterocycles. The fourth-order valence-electron chi connectivity index (χ4n) is 3.79. The molecule has 0 radical (unpaired) electrons. The van der Waals surface area contributed by atoms with Gasteiger partial charge in [0.15, 0.2) is 0 Å². The zero-order chi connectivity index (χ0) is 14.6. The van der Waals surface area contributed by atoms with Gasteiger partial charge in [-0.1, -0.05) is 38.0 Å². The highest BCUT2D eigenvalue weighted by molar-refractivity contribution is 5.30. The highest BCUT2D eigenvalue weighted by Crippen LogP contribution is 2.42. The van der Waals surface area contributed by atoms with E-state index in [1.165, 1.54) is 61.6 Å². The molecule has 1 nitrogen and oxygen atoms in total. The minimum absolute atomic E-state index is 0.367. The second-order valence-electron chi connectivity index (χ2n) is 7.03. The maximum absolute atomic E-state index is 6.17. The predicted molar refractivity (Wildman–Crippen MR) is 88.0 cm³/mol. The fraction of sp³-hybridized carbons (Fsp3) is 0.684. The van der Waals surface area contributed by atoms with Gasteiger partial charge in [0.2, 0.25) is 0 Å². The largest absolute Gasteiger partial charge is 0.330 e. The number of rotatable bonds is 5. The van der Waals surface area contributed by atoms with Gasteiger partial charge in [0.05, 0.1) is 0 Å². The molecule has 1 aromatic carbocycles. The first-order valence-electron chi connectivity index (χ1n) is 8.35. The van der Waals surface area contributed by atoms with E-state index >= 15 is 0 Å². The van der Waals surface area contributed by atoms with Crippen LogP contribution in [0.5, 0.6) is 0 Å². The molecule has 0 bridgehead atoms. The van der Waals surface area contributed by atoms with Crippen molar-refractivity contribution in [2.75, 3.05) is 6.54 Å². The van der Waals surface area contributed by atoms with Crippen LogP contribution < -0.4 is 5.73 Å². The molecule has 0 unspecified atom stereocenters. The average molecular weight is 273 g/mol. The summed E-state index contributed by atoms with van der Waals surface area (Å²) in [5, 5.41) is 0. The van der Waals surface area contributed by atoms with Gasteiger partial charge < -0.3 is 5.73 Å².